The summed E-state index contributed by atoms with van der Waals surface area (Å²) in [6.45, 7) is 5.92. The Kier molecular flexibility index (Phi) is 8.45. The molecule has 1 aromatic carbocycles. The van der Waals surface area contributed by atoms with Crippen LogP contribution in [0.25, 0.3) is 0 Å². The molecule has 2 amide bonds. The van der Waals surface area contributed by atoms with Gasteiger partial charge in [-0.2, -0.15) is 0 Å². The number of oxazole rings is 1. The summed E-state index contributed by atoms with van der Waals surface area (Å²) in [6.07, 6.45) is 9.22. The lowest BCUT2D eigenvalue weighted by Gasteiger charge is -2.44. The molecule has 0 spiro atoms. The minimum absolute atomic E-state index is 0.0826. The van der Waals surface area contributed by atoms with Crippen molar-refractivity contribution in [3.63, 3.8) is 0 Å². The summed E-state index contributed by atoms with van der Waals surface area (Å²) in [7, 11) is 0. The average Bonchev–Trinajstić information content (AvgIpc) is 3.64. The van der Waals surface area contributed by atoms with Gasteiger partial charge in [0.15, 0.2) is 0 Å². The van der Waals surface area contributed by atoms with Crippen LogP contribution in [0.5, 0.6) is 0 Å². The van der Waals surface area contributed by atoms with Crippen molar-refractivity contribution in [2.45, 2.75) is 83.3 Å². The van der Waals surface area contributed by atoms with E-state index in [4.69, 9.17) is 4.42 Å². The highest BCUT2D eigenvalue weighted by Gasteiger charge is 2.45. The normalized spacial score (nSPS) is 23.7. The van der Waals surface area contributed by atoms with Gasteiger partial charge in [-0.05, 0) is 68.8 Å². The van der Waals surface area contributed by atoms with Crippen molar-refractivity contribution in [1.82, 2.24) is 20.1 Å². The van der Waals surface area contributed by atoms with E-state index in [1.165, 1.54) is 30.5 Å². The van der Waals surface area contributed by atoms with Crippen molar-refractivity contribution in [1.29, 1.82) is 0 Å². The molecule has 1 saturated carbocycles. The zero-order valence-electron chi connectivity index (χ0n) is 22.9. The van der Waals surface area contributed by atoms with Gasteiger partial charge in [0.2, 0.25) is 23.5 Å². The Morgan fingerprint density at radius 3 is 2.54 bits per heavy atom. The van der Waals surface area contributed by atoms with Gasteiger partial charge < -0.3 is 14.6 Å². The quantitative estimate of drug-likeness (QED) is 0.497. The summed E-state index contributed by atoms with van der Waals surface area (Å²) in [5.74, 6) is -0.703. The van der Waals surface area contributed by atoms with E-state index in [1.54, 1.807) is 0 Å². The summed E-state index contributed by atoms with van der Waals surface area (Å²) in [6, 6.07) is 4.53. The first kappa shape index (κ1) is 27.5. The molecule has 210 valence electrons. The third-order valence-electron chi connectivity index (χ3n) is 8.86. The first-order valence-electron chi connectivity index (χ1n) is 14.5. The highest BCUT2D eigenvalue weighted by Crippen LogP contribution is 2.35. The van der Waals surface area contributed by atoms with Gasteiger partial charge in [-0.15, -0.1) is 0 Å². The van der Waals surface area contributed by atoms with Crippen LogP contribution in [0.15, 0.2) is 34.9 Å². The predicted molar refractivity (Wildman–Crippen MR) is 143 cm³/mol. The molecule has 0 bridgehead atoms. The number of carbonyl (C=O) groups excluding carboxylic acids is 3. The number of amides is 2. The van der Waals surface area contributed by atoms with Gasteiger partial charge in [0.05, 0.1) is 0 Å². The van der Waals surface area contributed by atoms with Gasteiger partial charge >= 0.3 is 0 Å². The number of nitrogens with zero attached hydrogens (tertiary/aromatic N) is 3. The molecule has 5 rings (SSSR count). The number of benzene rings is 1. The number of halogens is 1. The molecule has 8 nitrogen and oxygen atoms in total. The standard InChI is InChI=1S/C30H39FN4O4/c1-3-19(2)28(37)33-26(20-8-5-4-6-9-20)30(38)35-16-23-10-7-15-34(23)17-25(35)29-32-24(18-39-29)27(36)21-11-13-22(31)14-12-21/h11-14,18-20,23,25-26H,3-10,15-17H2,1-2H3,(H,33,37)/t19-,23-,25+,26+/m1/s1. The van der Waals surface area contributed by atoms with Crippen LogP contribution in [-0.2, 0) is 9.59 Å². The third-order valence-corrected chi connectivity index (χ3v) is 8.86. The SMILES string of the molecule is CC[C@@H](C)C(=O)N[C@H](C(=O)N1C[C@H]2CCCN2C[C@H]1c1nc(C(=O)c2ccc(F)cc2)co1)C1CCCCC1. The fourth-order valence-corrected chi connectivity index (χ4v) is 6.27. The second-order valence-electron chi connectivity index (χ2n) is 11.4. The van der Waals surface area contributed by atoms with E-state index in [9.17, 15) is 18.8 Å². The summed E-state index contributed by atoms with van der Waals surface area (Å²) < 4.78 is 19.2. The zero-order chi connectivity index (χ0) is 27.5. The molecule has 1 aromatic heterocycles. The van der Waals surface area contributed by atoms with Crippen LogP contribution in [0, 0.1) is 17.7 Å². The van der Waals surface area contributed by atoms with Crippen LogP contribution in [0.1, 0.15) is 93.2 Å². The zero-order valence-corrected chi connectivity index (χ0v) is 22.9. The molecule has 0 unspecified atom stereocenters. The first-order valence-corrected chi connectivity index (χ1v) is 14.5. The molecule has 2 saturated heterocycles. The number of nitrogens with one attached hydrogen (secondary N) is 1. The molecule has 4 atom stereocenters. The van der Waals surface area contributed by atoms with Gasteiger partial charge in [0.25, 0.3) is 0 Å². The number of aromatic nitrogens is 1. The minimum atomic E-state index is -0.586. The van der Waals surface area contributed by atoms with Crippen molar-refractivity contribution in [2.75, 3.05) is 19.6 Å². The predicted octanol–water partition coefficient (Wildman–Crippen LogP) is 4.50. The van der Waals surface area contributed by atoms with Gasteiger partial charge in [0.1, 0.15) is 29.9 Å². The summed E-state index contributed by atoms with van der Waals surface area (Å²) in [5, 5.41) is 3.14. The van der Waals surface area contributed by atoms with E-state index in [1.807, 2.05) is 18.7 Å². The molecule has 0 radical (unpaired) electrons. The van der Waals surface area contributed by atoms with E-state index >= 15 is 0 Å². The van der Waals surface area contributed by atoms with E-state index in [0.29, 0.717) is 31.0 Å². The van der Waals surface area contributed by atoms with E-state index in [2.05, 4.69) is 15.2 Å². The molecular weight excluding hydrogens is 499 g/mol. The monoisotopic (exact) mass is 538 g/mol. The fourth-order valence-electron chi connectivity index (χ4n) is 6.27. The Labute approximate surface area is 229 Å². The second-order valence-corrected chi connectivity index (χ2v) is 11.4. The average molecular weight is 539 g/mol. The van der Waals surface area contributed by atoms with Crippen molar-refractivity contribution in [2.24, 2.45) is 11.8 Å². The molecule has 9 heteroatoms. The highest BCUT2D eigenvalue weighted by atomic mass is 19.1. The van der Waals surface area contributed by atoms with Gasteiger partial charge in [-0.3, -0.25) is 19.3 Å². The first-order chi connectivity index (χ1) is 18.9. The maximum absolute atomic E-state index is 14.3. The molecule has 2 aromatic rings. The van der Waals surface area contributed by atoms with Crippen molar-refractivity contribution in [3.05, 3.63) is 53.5 Å². The molecule has 1 aliphatic carbocycles. The number of carbonyl (C=O) groups is 3. The van der Waals surface area contributed by atoms with Gasteiger partial charge in [-0.25, -0.2) is 9.37 Å². The number of fused-ring (bicyclic) bond motifs is 1. The molecule has 39 heavy (non-hydrogen) atoms. The van der Waals surface area contributed by atoms with Crippen LogP contribution < -0.4 is 5.32 Å². The second kappa shape index (κ2) is 12.0. The number of ketones is 1. The summed E-state index contributed by atoms with van der Waals surface area (Å²) in [5.41, 5.74) is 0.444. The number of hydrogen-bond donors (Lipinski definition) is 1. The van der Waals surface area contributed by atoms with Crippen molar-refractivity contribution in [3.8, 4) is 0 Å². The molecule has 2 aliphatic heterocycles. The molecular formula is C30H39FN4O4. The Morgan fingerprint density at radius 1 is 1.08 bits per heavy atom. The third kappa shape index (κ3) is 5.93. The van der Waals surface area contributed by atoms with Crippen LogP contribution in [-0.4, -0.2) is 64.1 Å². The smallest absolute Gasteiger partial charge is 0.246 e. The fraction of sp³-hybridized carbons (Fsp3) is 0.600. The Bertz CT molecular complexity index is 1180. The lowest BCUT2D eigenvalue weighted by atomic mass is 9.82. The minimum Gasteiger partial charge on any atom is -0.446 e. The molecule has 3 heterocycles. The van der Waals surface area contributed by atoms with Gasteiger partial charge in [0, 0.05) is 30.6 Å². The number of hydrogen-bond acceptors (Lipinski definition) is 6. The van der Waals surface area contributed by atoms with Crippen LogP contribution in [0.4, 0.5) is 4.39 Å². The van der Waals surface area contributed by atoms with Crippen molar-refractivity contribution < 1.29 is 23.2 Å². The lowest BCUT2D eigenvalue weighted by Crippen LogP contribution is -2.60. The molecule has 3 fully saturated rings. The topological polar surface area (TPSA) is 95.8 Å². The highest BCUT2D eigenvalue weighted by molar-refractivity contribution is 6.07. The Balaban J connectivity index is 1.43. The van der Waals surface area contributed by atoms with Crippen LogP contribution in [0.2, 0.25) is 0 Å². The maximum Gasteiger partial charge on any atom is 0.246 e. The van der Waals surface area contributed by atoms with Gasteiger partial charge in [-0.1, -0.05) is 33.1 Å². The van der Waals surface area contributed by atoms with E-state index < -0.39 is 17.9 Å². The summed E-state index contributed by atoms with van der Waals surface area (Å²) >= 11 is 0. The number of rotatable bonds is 8. The van der Waals surface area contributed by atoms with Crippen molar-refractivity contribution >= 4 is 17.6 Å². The largest absolute Gasteiger partial charge is 0.446 e. The lowest BCUT2D eigenvalue weighted by molar-refractivity contribution is -0.145. The maximum atomic E-state index is 14.3. The van der Waals surface area contributed by atoms with Crippen LogP contribution in [0.3, 0.4) is 0 Å². The number of piperazine rings is 1. The Morgan fingerprint density at radius 2 is 1.82 bits per heavy atom. The van der Waals surface area contributed by atoms with Crippen LogP contribution >= 0.6 is 0 Å². The summed E-state index contributed by atoms with van der Waals surface area (Å²) in [4.78, 5) is 49.1. The van der Waals surface area contributed by atoms with E-state index in [-0.39, 0.29) is 41.2 Å². The Hall–Kier alpha value is -3.07. The van der Waals surface area contributed by atoms with E-state index in [0.717, 1.165) is 51.5 Å². The molecule has 1 N–H and O–H groups in total. The molecule has 3 aliphatic rings.